The molecule has 0 saturated carbocycles. The van der Waals surface area contributed by atoms with Gasteiger partial charge in [-0.3, -0.25) is 14.8 Å². The topological polar surface area (TPSA) is 70.2 Å². The Morgan fingerprint density at radius 1 is 1.15 bits per heavy atom. The normalized spacial score (nSPS) is 21.8. The molecule has 6 heteroatoms. The summed E-state index contributed by atoms with van der Waals surface area (Å²) in [5, 5.41) is 10.7. The summed E-state index contributed by atoms with van der Waals surface area (Å²) in [6.07, 6.45) is 4.37. The number of carbonyl (C=O) groups excluding carboxylic acids is 1. The van der Waals surface area contributed by atoms with Gasteiger partial charge in [-0.1, -0.05) is 61.5 Å². The second-order valence-electron chi connectivity index (χ2n) is 9.21. The van der Waals surface area contributed by atoms with Crippen LogP contribution in [0.25, 0.3) is 11.3 Å². The molecule has 2 atom stereocenters. The first-order valence-electron chi connectivity index (χ1n) is 11.9. The number of ether oxygens (including phenoxy) is 1. The van der Waals surface area contributed by atoms with E-state index >= 15 is 0 Å². The Bertz CT molecular complexity index is 1100. The third kappa shape index (κ3) is 3.87. The smallest absolute Gasteiger partial charge is 0.220 e. The Labute approximate surface area is 195 Å². The van der Waals surface area contributed by atoms with Crippen molar-refractivity contribution in [2.45, 2.75) is 50.3 Å². The lowest BCUT2D eigenvalue weighted by Crippen LogP contribution is -2.50. The zero-order chi connectivity index (χ0) is 22.8. The molecule has 0 unspecified atom stereocenters. The predicted molar refractivity (Wildman–Crippen MR) is 129 cm³/mol. The van der Waals surface area contributed by atoms with Crippen molar-refractivity contribution in [1.29, 1.82) is 0 Å². The molecule has 0 radical (unpaired) electrons. The molecule has 1 aromatic heterocycles. The third-order valence-corrected chi connectivity index (χ3v) is 7.49. The van der Waals surface area contributed by atoms with Crippen LogP contribution in [0.15, 0.2) is 60.8 Å². The number of H-pyrrole nitrogens is 1. The van der Waals surface area contributed by atoms with Crippen LogP contribution in [-0.2, 0) is 21.5 Å². The van der Waals surface area contributed by atoms with Gasteiger partial charge in [0.2, 0.25) is 5.91 Å². The molecule has 1 spiro atoms. The van der Waals surface area contributed by atoms with Crippen LogP contribution in [-0.4, -0.2) is 47.3 Å². The maximum atomic E-state index is 12.3. The van der Waals surface area contributed by atoms with E-state index in [-0.39, 0.29) is 23.5 Å². The number of nitrogens with one attached hydrogen (secondary N) is 2. The van der Waals surface area contributed by atoms with Crippen molar-refractivity contribution in [2.75, 3.05) is 20.2 Å². The SMILES string of the molecule is CCC(=O)N[C@@H]1c2ccccc2C2(CCN(Cc3cn[nH]c3-c3ccccc3)CC2)[C@H]1OC. The number of likely N-dealkylation sites (tertiary alicyclic amines) is 1. The molecule has 3 aromatic rings. The van der Waals surface area contributed by atoms with Crippen LogP contribution < -0.4 is 5.32 Å². The Morgan fingerprint density at radius 3 is 2.61 bits per heavy atom. The van der Waals surface area contributed by atoms with Gasteiger partial charge in [-0.05, 0) is 42.6 Å². The van der Waals surface area contributed by atoms with Crippen LogP contribution in [0.3, 0.4) is 0 Å². The van der Waals surface area contributed by atoms with Crippen LogP contribution in [0, 0.1) is 0 Å². The second kappa shape index (κ2) is 9.12. The molecule has 2 aromatic carbocycles. The highest BCUT2D eigenvalue weighted by Crippen LogP contribution is 2.52. The zero-order valence-corrected chi connectivity index (χ0v) is 19.4. The number of hydrogen-bond acceptors (Lipinski definition) is 4. The fraction of sp³-hybridized carbons (Fsp3) is 0.407. The van der Waals surface area contributed by atoms with Gasteiger partial charge in [0.25, 0.3) is 0 Å². The Balaban J connectivity index is 1.36. The molecule has 1 amide bonds. The highest BCUT2D eigenvalue weighted by molar-refractivity contribution is 5.76. The van der Waals surface area contributed by atoms with Crippen molar-refractivity contribution in [3.63, 3.8) is 0 Å². The van der Waals surface area contributed by atoms with E-state index < -0.39 is 0 Å². The first kappa shape index (κ1) is 21.9. The molecule has 172 valence electrons. The molecule has 1 aliphatic carbocycles. The molecule has 2 heterocycles. The van der Waals surface area contributed by atoms with Crippen molar-refractivity contribution in [1.82, 2.24) is 20.4 Å². The summed E-state index contributed by atoms with van der Waals surface area (Å²) in [5.41, 5.74) is 5.95. The number of amides is 1. The number of aromatic nitrogens is 2. The number of rotatable bonds is 6. The fourth-order valence-corrected chi connectivity index (χ4v) is 5.84. The number of fused-ring (bicyclic) bond motifs is 2. The van der Waals surface area contributed by atoms with Crippen molar-refractivity contribution in [3.8, 4) is 11.3 Å². The zero-order valence-electron chi connectivity index (χ0n) is 19.4. The Kier molecular flexibility index (Phi) is 6.04. The standard InChI is InChI=1S/C27H32N4O2/c1-3-23(32)29-25-21-11-7-8-12-22(21)27(26(25)33-2)13-15-31(16-14-27)18-20-17-28-30-24(20)19-9-5-4-6-10-19/h4-12,17,25-26H,3,13-16,18H2,1-2H3,(H,28,30)(H,29,32)/t25-,26+/m1/s1. The first-order chi connectivity index (χ1) is 16.2. The second-order valence-corrected chi connectivity index (χ2v) is 9.21. The molecule has 2 aliphatic rings. The minimum atomic E-state index is -0.0937. The lowest BCUT2D eigenvalue weighted by atomic mass is 9.71. The summed E-state index contributed by atoms with van der Waals surface area (Å²) in [6, 6.07) is 18.9. The molecular formula is C27H32N4O2. The fourth-order valence-electron chi connectivity index (χ4n) is 5.84. The number of carbonyl (C=O) groups is 1. The quantitative estimate of drug-likeness (QED) is 0.598. The van der Waals surface area contributed by atoms with Crippen molar-refractivity contribution >= 4 is 5.91 Å². The van der Waals surface area contributed by atoms with E-state index in [1.54, 1.807) is 7.11 Å². The molecule has 1 fully saturated rings. The summed E-state index contributed by atoms with van der Waals surface area (Å²) in [5.74, 6) is 0.0692. The summed E-state index contributed by atoms with van der Waals surface area (Å²) in [4.78, 5) is 14.8. The molecule has 1 aliphatic heterocycles. The van der Waals surface area contributed by atoms with E-state index in [0.717, 1.165) is 43.7 Å². The summed E-state index contributed by atoms with van der Waals surface area (Å²) in [7, 11) is 1.79. The lowest BCUT2D eigenvalue weighted by Gasteiger charge is -2.44. The van der Waals surface area contributed by atoms with E-state index in [9.17, 15) is 4.79 Å². The lowest BCUT2D eigenvalue weighted by molar-refractivity contribution is -0.123. The monoisotopic (exact) mass is 444 g/mol. The van der Waals surface area contributed by atoms with Gasteiger partial charge in [0.1, 0.15) is 0 Å². The van der Waals surface area contributed by atoms with Crippen LogP contribution in [0.1, 0.15) is 48.9 Å². The van der Waals surface area contributed by atoms with Crippen molar-refractivity contribution < 1.29 is 9.53 Å². The molecular weight excluding hydrogens is 412 g/mol. The average Bonchev–Trinajstić information content (AvgIpc) is 3.42. The molecule has 33 heavy (non-hydrogen) atoms. The Morgan fingerprint density at radius 2 is 1.88 bits per heavy atom. The molecule has 5 rings (SSSR count). The van der Waals surface area contributed by atoms with Gasteiger partial charge in [0.15, 0.2) is 0 Å². The van der Waals surface area contributed by atoms with E-state index in [0.29, 0.717) is 6.42 Å². The van der Waals surface area contributed by atoms with Gasteiger partial charge in [0.05, 0.1) is 24.0 Å². The van der Waals surface area contributed by atoms with Gasteiger partial charge >= 0.3 is 0 Å². The molecule has 0 bridgehead atoms. The largest absolute Gasteiger partial charge is 0.378 e. The van der Waals surface area contributed by atoms with Crippen molar-refractivity contribution in [2.24, 2.45) is 0 Å². The highest BCUT2D eigenvalue weighted by atomic mass is 16.5. The summed E-state index contributed by atoms with van der Waals surface area (Å²) >= 11 is 0. The summed E-state index contributed by atoms with van der Waals surface area (Å²) < 4.78 is 6.11. The minimum Gasteiger partial charge on any atom is -0.378 e. The first-order valence-corrected chi connectivity index (χ1v) is 11.9. The van der Waals surface area contributed by atoms with Crippen LogP contribution in [0.5, 0.6) is 0 Å². The number of nitrogens with zero attached hydrogens (tertiary/aromatic N) is 2. The predicted octanol–water partition coefficient (Wildman–Crippen LogP) is 4.21. The summed E-state index contributed by atoms with van der Waals surface area (Å²) in [6.45, 7) is 4.71. The van der Waals surface area contributed by atoms with Crippen LogP contribution >= 0.6 is 0 Å². The molecule has 2 N–H and O–H groups in total. The van der Waals surface area contributed by atoms with Gasteiger partial charge < -0.3 is 10.1 Å². The number of hydrogen-bond donors (Lipinski definition) is 2. The number of aromatic amines is 1. The van der Waals surface area contributed by atoms with Gasteiger partial charge in [-0.25, -0.2) is 0 Å². The number of benzene rings is 2. The van der Waals surface area contributed by atoms with Gasteiger partial charge in [-0.15, -0.1) is 0 Å². The van der Waals surface area contributed by atoms with Gasteiger partial charge in [0, 0.05) is 31.1 Å². The van der Waals surface area contributed by atoms with E-state index in [1.807, 2.05) is 19.2 Å². The third-order valence-electron chi connectivity index (χ3n) is 7.49. The van der Waals surface area contributed by atoms with E-state index in [1.165, 1.54) is 16.7 Å². The maximum Gasteiger partial charge on any atom is 0.220 e. The molecule has 6 nitrogen and oxygen atoms in total. The highest BCUT2D eigenvalue weighted by Gasteiger charge is 2.53. The minimum absolute atomic E-state index is 0.0543. The van der Waals surface area contributed by atoms with Crippen LogP contribution in [0.4, 0.5) is 0 Å². The van der Waals surface area contributed by atoms with Gasteiger partial charge in [-0.2, -0.15) is 5.10 Å². The van der Waals surface area contributed by atoms with Crippen molar-refractivity contribution in [3.05, 3.63) is 77.5 Å². The van der Waals surface area contributed by atoms with E-state index in [2.05, 4.69) is 68.9 Å². The maximum absolute atomic E-state index is 12.3. The van der Waals surface area contributed by atoms with E-state index in [4.69, 9.17) is 4.74 Å². The molecule has 1 saturated heterocycles. The number of piperidine rings is 1. The number of methoxy groups -OCH3 is 1. The van der Waals surface area contributed by atoms with Crippen LogP contribution in [0.2, 0.25) is 0 Å². The average molecular weight is 445 g/mol. The Hall–Kier alpha value is -2.96.